The van der Waals surface area contributed by atoms with Gasteiger partial charge in [0.15, 0.2) is 18.0 Å². The second-order valence-electron chi connectivity index (χ2n) is 11.2. The molecule has 0 radical (unpaired) electrons. The van der Waals surface area contributed by atoms with Crippen molar-refractivity contribution in [1.29, 1.82) is 0 Å². The first-order chi connectivity index (χ1) is 16.3. The fourth-order valence-electron chi connectivity index (χ4n) is 7.89. The van der Waals surface area contributed by atoms with Gasteiger partial charge >= 0.3 is 11.9 Å². The smallest absolute Gasteiger partial charge is 0.305 e. The number of rotatable bonds is 5. The lowest BCUT2D eigenvalue weighted by atomic mass is 9.46. The molecule has 0 saturated heterocycles. The van der Waals surface area contributed by atoms with E-state index in [4.69, 9.17) is 21.1 Å². The highest BCUT2D eigenvalue weighted by Crippen LogP contribution is 2.71. The number of Topliss-reactive ketones (excluding diaryl/α,β-unsaturated/α-hetero) is 1. The summed E-state index contributed by atoms with van der Waals surface area (Å²) in [4.78, 5) is 48.9. The molecule has 0 aromatic heterocycles. The van der Waals surface area contributed by atoms with Gasteiger partial charge in [0.2, 0.25) is 5.78 Å². The number of allylic oxidation sites excluding steroid dienone is 4. The predicted octanol–water partition coefficient (Wildman–Crippen LogP) is 3.70. The molecular weight excluding hydrogens is 472 g/mol. The summed E-state index contributed by atoms with van der Waals surface area (Å²) in [5.74, 6) is -2.32. The Hall–Kier alpha value is -1.99. The van der Waals surface area contributed by atoms with Crippen LogP contribution in [0.15, 0.2) is 23.8 Å². The number of aliphatic hydroxyl groups is 1. The second kappa shape index (κ2) is 8.55. The average molecular weight is 507 g/mol. The van der Waals surface area contributed by atoms with Crippen LogP contribution in [0, 0.1) is 28.6 Å². The zero-order valence-corrected chi connectivity index (χ0v) is 21.8. The molecule has 8 heteroatoms. The summed E-state index contributed by atoms with van der Waals surface area (Å²) >= 11 is 7.45. The van der Waals surface area contributed by atoms with E-state index in [0.29, 0.717) is 12.8 Å². The van der Waals surface area contributed by atoms with Crippen molar-refractivity contribution < 1.29 is 33.8 Å². The molecule has 4 aliphatic rings. The standard InChI is InChI=1S/C27H35ClO7/c1-6-23(33)34-14-22(32)27(35-16(3)29)15(2)11-20-19-8-7-17-12-18(30)9-10-24(17,4)26(19,28)21(31)13-25(20,27)5/h7,9-10,15,19-21,31H,6,8,11-14H2,1-5H3/t15-,19?,20?,21-,24-,25-,26-,27-/m0/s1. The van der Waals surface area contributed by atoms with E-state index in [0.717, 1.165) is 5.57 Å². The van der Waals surface area contributed by atoms with E-state index >= 15 is 0 Å². The first kappa shape index (κ1) is 26.1. The number of esters is 2. The van der Waals surface area contributed by atoms with Crippen LogP contribution in [0.2, 0.25) is 0 Å². The summed E-state index contributed by atoms with van der Waals surface area (Å²) in [6.45, 7) is 8.15. The van der Waals surface area contributed by atoms with Crippen molar-refractivity contribution >= 4 is 35.1 Å². The Labute approximate surface area is 211 Å². The normalized spacial score (nSPS) is 44.0. The van der Waals surface area contributed by atoms with E-state index < -0.39 is 51.7 Å². The lowest BCUT2D eigenvalue weighted by Crippen LogP contribution is -2.69. The molecule has 1 N–H and O–H groups in total. The number of ketones is 2. The van der Waals surface area contributed by atoms with Gasteiger partial charge in [-0.3, -0.25) is 19.2 Å². The van der Waals surface area contributed by atoms with Crippen molar-refractivity contribution in [2.45, 2.75) is 83.3 Å². The third kappa shape index (κ3) is 3.41. The molecule has 0 amide bonds. The van der Waals surface area contributed by atoms with Crippen LogP contribution in [0.5, 0.6) is 0 Å². The molecule has 2 unspecified atom stereocenters. The maximum atomic E-state index is 13.7. The van der Waals surface area contributed by atoms with Crippen molar-refractivity contribution in [3.8, 4) is 0 Å². The molecule has 0 bridgehead atoms. The molecule has 0 aromatic rings. The SMILES string of the molecule is CCC(=O)OCC(=O)[C@@]1(OC(C)=O)[C@@H](C)CC2C3CC=C4CC(=O)C=C[C@]4(C)[C@@]3(Cl)[C@@H](O)C[C@@]21C. The number of hydrogen-bond acceptors (Lipinski definition) is 7. The lowest BCUT2D eigenvalue weighted by Gasteiger charge is -2.63. The molecule has 8 atom stereocenters. The molecule has 192 valence electrons. The van der Waals surface area contributed by atoms with Crippen LogP contribution in [0.3, 0.4) is 0 Å². The highest BCUT2D eigenvalue weighted by atomic mass is 35.5. The zero-order chi connectivity index (χ0) is 26.0. The zero-order valence-electron chi connectivity index (χ0n) is 21.1. The molecule has 35 heavy (non-hydrogen) atoms. The number of carbonyl (C=O) groups excluding carboxylic acids is 4. The van der Waals surface area contributed by atoms with Crippen molar-refractivity contribution in [1.82, 2.24) is 0 Å². The number of halogens is 1. The van der Waals surface area contributed by atoms with Crippen LogP contribution in [-0.4, -0.2) is 51.8 Å². The molecule has 2 fully saturated rings. The van der Waals surface area contributed by atoms with Gasteiger partial charge in [0, 0.05) is 36.5 Å². The molecule has 4 rings (SSSR count). The van der Waals surface area contributed by atoms with Crippen molar-refractivity contribution in [2.75, 3.05) is 6.61 Å². The third-order valence-electron chi connectivity index (χ3n) is 9.52. The molecule has 0 aromatic carbocycles. The first-order valence-corrected chi connectivity index (χ1v) is 12.8. The van der Waals surface area contributed by atoms with Crippen LogP contribution >= 0.6 is 11.6 Å². The second-order valence-corrected chi connectivity index (χ2v) is 11.8. The van der Waals surface area contributed by atoms with Gasteiger partial charge in [-0.15, -0.1) is 11.6 Å². The molecular formula is C27H35ClO7. The minimum atomic E-state index is -1.56. The van der Waals surface area contributed by atoms with E-state index in [9.17, 15) is 24.3 Å². The maximum Gasteiger partial charge on any atom is 0.305 e. The average Bonchev–Trinajstić information content (AvgIpc) is 3.00. The minimum absolute atomic E-state index is 0.0122. The summed E-state index contributed by atoms with van der Waals surface area (Å²) in [7, 11) is 0. The molecule has 0 heterocycles. The summed E-state index contributed by atoms with van der Waals surface area (Å²) < 4.78 is 11.1. The quantitative estimate of drug-likeness (QED) is 0.344. The van der Waals surface area contributed by atoms with E-state index in [1.807, 2.05) is 26.8 Å². The Morgan fingerprint density at radius 3 is 2.54 bits per heavy atom. The van der Waals surface area contributed by atoms with Crippen LogP contribution in [0.4, 0.5) is 0 Å². The Bertz CT molecular complexity index is 1030. The summed E-state index contributed by atoms with van der Waals surface area (Å²) in [6.07, 6.45) is 6.05. The van der Waals surface area contributed by atoms with Gasteiger partial charge in [-0.2, -0.15) is 0 Å². The van der Waals surface area contributed by atoms with Gasteiger partial charge in [-0.25, -0.2) is 0 Å². The fourth-order valence-corrected chi connectivity index (χ4v) is 8.39. The lowest BCUT2D eigenvalue weighted by molar-refractivity contribution is -0.201. The van der Waals surface area contributed by atoms with Crippen LogP contribution in [0.25, 0.3) is 0 Å². The van der Waals surface area contributed by atoms with Gasteiger partial charge in [-0.1, -0.05) is 45.4 Å². The number of aliphatic hydroxyl groups excluding tert-OH is 1. The summed E-state index contributed by atoms with van der Waals surface area (Å²) in [6, 6.07) is 0. The summed E-state index contributed by atoms with van der Waals surface area (Å²) in [5, 5.41) is 11.7. The van der Waals surface area contributed by atoms with Crippen molar-refractivity contribution in [3.63, 3.8) is 0 Å². The maximum absolute atomic E-state index is 13.7. The Morgan fingerprint density at radius 1 is 1.23 bits per heavy atom. The Balaban J connectivity index is 1.81. The van der Waals surface area contributed by atoms with Gasteiger partial charge in [0.25, 0.3) is 0 Å². The Morgan fingerprint density at radius 2 is 1.91 bits per heavy atom. The number of ether oxygens (including phenoxy) is 2. The largest absolute Gasteiger partial charge is 0.457 e. The number of alkyl halides is 1. The van der Waals surface area contributed by atoms with Gasteiger partial charge in [0.05, 0.1) is 11.0 Å². The molecule has 2 saturated carbocycles. The number of hydrogen-bond donors (Lipinski definition) is 1. The third-order valence-corrected chi connectivity index (χ3v) is 10.4. The highest BCUT2D eigenvalue weighted by Gasteiger charge is 2.76. The van der Waals surface area contributed by atoms with Crippen LogP contribution in [0.1, 0.15) is 66.7 Å². The highest BCUT2D eigenvalue weighted by molar-refractivity contribution is 6.26. The molecule has 7 nitrogen and oxygen atoms in total. The van der Waals surface area contributed by atoms with Crippen LogP contribution < -0.4 is 0 Å². The minimum Gasteiger partial charge on any atom is -0.457 e. The summed E-state index contributed by atoms with van der Waals surface area (Å²) in [5.41, 5.74) is -2.28. The monoisotopic (exact) mass is 506 g/mol. The van der Waals surface area contributed by atoms with Gasteiger partial charge in [0.1, 0.15) is 0 Å². The topological polar surface area (TPSA) is 107 Å². The van der Waals surface area contributed by atoms with Crippen molar-refractivity contribution in [2.24, 2.45) is 28.6 Å². The van der Waals surface area contributed by atoms with Crippen LogP contribution in [-0.2, 0) is 28.7 Å². The molecule has 0 aliphatic heterocycles. The van der Waals surface area contributed by atoms with E-state index in [2.05, 4.69) is 6.08 Å². The predicted molar refractivity (Wildman–Crippen MR) is 128 cm³/mol. The molecule has 0 spiro atoms. The number of fused-ring (bicyclic) bond motifs is 5. The van der Waals surface area contributed by atoms with Gasteiger partial charge < -0.3 is 14.6 Å². The first-order valence-electron chi connectivity index (χ1n) is 12.4. The van der Waals surface area contributed by atoms with E-state index in [1.165, 1.54) is 6.92 Å². The van der Waals surface area contributed by atoms with Crippen molar-refractivity contribution in [3.05, 3.63) is 23.8 Å². The van der Waals surface area contributed by atoms with Gasteiger partial charge in [-0.05, 0) is 37.2 Å². The van der Waals surface area contributed by atoms with E-state index in [1.54, 1.807) is 13.0 Å². The van der Waals surface area contributed by atoms with E-state index in [-0.39, 0.29) is 42.8 Å². The molecule has 4 aliphatic carbocycles. The fraction of sp³-hybridized carbons (Fsp3) is 0.704. The number of carbonyl (C=O) groups is 4. The Kier molecular flexibility index (Phi) is 6.37.